The average molecular weight is 561 g/mol. The van der Waals surface area contributed by atoms with Crippen LogP contribution in [0.15, 0.2) is 64.5 Å². The number of aliphatic imine (C=N–C) groups is 1. The van der Waals surface area contributed by atoms with E-state index in [9.17, 15) is 9.90 Å². The first-order valence-corrected chi connectivity index (χ1v) is 15.0. The number of allylic oxidation sites excluding steroid dienone is 1. The van der Waals surface area contributed by atoms with Gasteiger partial charge in [-0.3, -0.25) is 9.69 Å². The molecule has 7 heteroatoms. The third kappa shape index (κ3) is 6.87. The fourth-order valence-electron chi connectivity index (χ4n) is 5.57. The first-order valence-electron chi connectivity index (χ1n) is 15.0. The predicted octanol–water partition coefficient (Wildman–Crippen LogP) is 6.32. The van der Waals surface area contributed by atoms with Gasteiger partial charge >= 0.3 is 0 Å². The van der Waals surface area contributed by atoms with Crippen molar-refractivity contribution in [2.45, 2.75) is 117 Å². The number of rotatable bonds is 5. The lowest BCUT2D eigenvalue weighted by molar-refractivity contribution is -0.132. The van der Waals surface area contributed by atoms with Crippen LogP contribution in [0.5, 0.6) is 5.75 Å². The molecule has 1 aromatic carbocycles. The van der Waals surface area contributed by atoms with Gasteiger partial charge in [0.05, 0.1) is 30.1 Å². The molecule has 1 amide bonds. The number of ether oxygens (including phenoxy) is 1. The normalized spacial score (nSPS) is 27.0. The highest BCUT2D eigenvalue weighted by Crippen LogP contribution is 2.46. The SMILES string of the molecule is C=C(NC1C2=C(C=C=C=C2)CC1O)c1ccc2c(c1)C(N1C(=O)CC(C)(C)N=C1N)CC(C)(CC)O2.CC.CCC. The molecule has 0 bridgehead atoms. The number of fused-ring (bicyclic) bond motifs is 1. The van der Waals surface area contributed by atoms with Crippen molar-refractivity contribution in [3.63, 3.8) is 0 Å². The zero-order chi connectivity index (χ0) is 30.5. The Morgan fingerprint density at radius 2 is 1.88 bits per heavy atom. The zero-order valence-electron chi connectivity index (χ0n) is 26.1. The Kier molecular flexibility index (Phi) is 10.1. The highest BCUT2D eigenvalue weighted by molar-refractivity contribution is 5.99. The van der Waals surface area contributed by atoms with Crippen LogP contribution in [0.2, 0.25) is 0 Å². The van der Waals surface area contributed by atoms with E-state index in [1.165, 1.54) is 6.42 Å². The average Bonchev–Trinajstić information content (AvgIpc) is 3.23. The number of benzene rings is 1. The maximum Gasteiger partial charge on any atom is 0.232 e. The molecule has 41 heavy (non-hydrogen) atoms. The largest absolute Gasteiger partial charge is 0.487 e. The second-order valence-electron chi connectivity index (χ2n) is 11.7. The van der Waals surface area contributed by atoms with Gasteiger partial charge in [-0.05, 0) is 74.3 Å². The highest BCUT2D eigenvalue weighted by atomic mass is 16.5. The fourth-order valence-corrected chi connectivity index (χ4v) is 5.57. The van der Waals surface area contributed by atoms with Gasteiger partial charge in [-0.2, -0.15) is 0 Å². The van der Waals surface area contributed by atoms with Gasteiger partial charge in [0.2, 0.25) is 5.91 Å². The Labute approximate surface area is 246 Å². The minimum atomic E-state index is -0.565. The van der Waals surface area contributed by atoms with Crippen molar-refractivity contribution in [2.24, 2.45) is 10.7 Å². The van der Waals surface area contributed by atoms with E-state index in [0.717, 1.165) is 34.4 Å². The van der Waals surface area contributed by atoms with Crippen molar-refractivity contribution in [1.29, 1.82) is 0 Å². The van der Waals surface area contributed by atoms with E-state index in [4.69, 9.17) is 10.5 Å². The Bertz CT molecular complexity index is 1330. The molecule has 0 radical (unpaired) electrons. The summed E-state index contributed by atoms with van der Waals surface area (Å²) in [4.78, 5) is 19.6. The van der Waals surface area contributed by atoms with Gasteiger partial charge in [0.1, 0.15) is 11.4 Å². The number of nitrogens with one attached hydrogen (secondary N) is 1. The third-order valence-electron chi connectivity index (χ3n) is 7.68. The third-order valence-corrected chi connectivity index (χ3v) is 7.68. The van der Waals surface area contributed by atoms with Crippen LogP contribution >= 0.6 is 0 Å². The van der Waals surface area contributed by atoms with Crippen LogP contribution in [0.3, 0.4) is 0 Å². The number of guanidine groups is 1. The molecule has 7 nitrogen and oxygen atoms in total. The summed E-state index contributed by atoms with van der Waals surface area (Å²) in [6.45, 7) is 20.5. The van der Waals surface area contributed by atoms with E-state index in [2.05, 4.69) is 56.0 Å². The topological polar surface area (TPSA) is 100 Å². The van der Waals surface area contributed by atoms with Gasteiger partial charge in [0, 0.05) is 24.1 Å². The van der Waals surface area contributed by atoms with Gasteiger partial charge in [0.25, 0.3) is 0 Å². The lowest BCUT2D eigenvalue weighted by Crippen LogP contribution is -2.54. The van der Waals surface area contributed by atoms with E-state index < -0.39 is 17.2 Å². The minimum absolute atomic E-state index is 0.0371. The molecular formula is C34H48N4O3. The highest BCUT2D eigenvalue weighted by Gasteiger charge is 2.44. The van der Waals surface area contributed by atoms with Gasteiger partial charge in [-0.15, -0.1) is 0 Å². The second kappa shape index (κ2) is 13.0. The van der Waals surface area contributed by atoms with Crippen LogP contribution in [-0.4, -0.2) is 45.2 Å². The molecule has 4 aliphatic rings. The van der Waals surface area contributed by atoms with Crippen molar-refractivity contribution in [1.82, 2.24) is 10.2 Å². The summed E-state index contributed by atoms with van der Waals surface area (Å²) >= 11 is 0. The van der Waals surface area contributed by atoms with Crippen molar-refractivity contribution >= 4 is 17.6 Å². The number of nitrogens with two attached hydrogens (primary N) is 1. The molecule has 2 heterocycles. The molecule has 0 aromatic heterocycles. The molecule has 2 aliphatic heterocycles. The molecule has 2 aliphatic carbocycles. The molecule has 4 N–H and O–H groups in total. The molecule has 222 valence electrons. The monoisotopic (exact) mass is 560 g/mol. The maximum atomic E-state index is 13.3. The van der Waals surface area contributed by atoms with Crippen molar-refractivity contribution in [3.05, 3.63) is 70.7 Å². The summed E-state index contributed by atoms with van der Waals surface area (Å²) < 4.78 is 6.42. The molecule has 4 atom stereocenters. The molecular weight excluding hydrogens is 512 g/mol. The molecule has 0 fully saturated rings. The van der Waals surface area contributed by atoms with Crippen LogP contribution in [0.1, 0.15) is 105 Å². The lowest BCUT2D eigenvalue weighted by atomic mass is 9.84. The molecule has 5 rings (SSSR count). The van der Waals surface area contributed by atoms with Crippen molar-refractivity contribution < 1.29 is 14.6 Å². The number of carbonyl (C=O) groups is 1. The standard InChI is InChI=1S/C29H34N4O3.C3H8.C2H6/c1-6-29(5)15-22(33-25(35)16-28(3,4)32-27(33)30)21-13-18(11-12-24(21)36-29)17(2)31-26-20-10-8-7-9-19(20)14-23(26)34;1-3-2;1-2/h9-13,22-23,26,31,34H,2,6,14-16H2,1,3-5H3,(H2,30,32);3H2,1-2H3;1-2H3. The summed E-state index contributed by atoms with van der Waals surface area (Å²) in [6.07, 6.45) is 6.67. The van der Waals surface area contributed by atoms with E-state index >= 15 is 0 Å². The molecule has 0 saturated carbocycles. The van der Waals surface area contributed by atoms with Crippen LogP contribution < -0.4 is 15.8 Å². The van der Waals surface area contributed by atoms with Crippen LogP contribution in [0, 0.1) is 0 Å². The summed E-state index contributed by atoms with van der Waals surface area (Å²) in [7, 11) is 0. The van der Waals surface area contributed by atoms with Gasteiger partial charge < -0.3 is 20.9 Å². The van der Waals surface area contributed by atoms with Crippen LogP contribution in [-0.2, 0) is 4.79 Å². The molecule has 1 aromatic rings. The molecule has 0 saturated heterocycles. The summed E-state index contributed by atoms with van der Waals surface area (Å²) in [5.74, 6) is 0.938. The number of aliphatic hydroxyl groups excluding tert-OH is 1. The Morgan fingerprint density at radius 1 is 1.22 bits per heavy atom. The molecule has 0 spiro atoms. The van der Waals surface area contributed by atoms with Crippen LogP contribution in [0.4, 0.5) is 0 Å². The number of amides is 1. The second-order valence-corrected chi connectivity index (χ2v) is 11.7. The van der Waals surface area contributed by atoms with E-state index in [1.807, 2.05) is 58.0 Å². The first-order chi connectivity index (χ1) is 19.4. The van der Waals surface area contributed by atoms with E-state index in [1.54, 1.807) is 4.90 Å². The summed E-state index contributed by atoms with van der Waals surface area (Å²) in [5, 5.41) is 14.1. The van der Waals surface area contributed by atoms with Crippen molar-refractivity contribution in [2.75, 3.05) is 0 Å². The smallest absolute Gasteiger partial charge is 0.232 e. The van der Waals surface area contributed by atoms with E-state index in [-0.39, 0.29) is 24.0 Å². The number of hydrogen-bond acceptors (Lipinski definition) is 6. The number of hydrogen-bond donors (Lipinski definition) is 3. The fraction of sp³-hybridized carbons (Fsp3) is 0.529. The van der Waals surface area contributed by atoms with Gasteiger partial charge in [-0.25, -0.2) is 4.99 Å². The maximum absolute atomic E-state index is 13.3. The Morgan fingerprint density at radius 3 is 2.51 bits per heavy atom. The minimum Gasteiger partial charge on any atom is -0.487 e. The van der Waals surface area contributed by atoms with Gasteiger partial charge in [0.15, 0.2) is 5.96 Å². The first kappa shape index (κ1) is 32.0. The van der Waals surface area contributed by atoms with Gasteiger partial charge in [-0.1, -0.05) is 59.1 Å². The Balaban J connectivity index is 0.000000868. The number of aliphatic hydroxyl groups is 1. The number of carbonyl (C=O) groups excluding carboxylic acids is 1. The lowest BCUT2D eigenvalue weighted by Gasteiger charge is -2.45. The summed E-state index contributed by atoms with van der Waals surface area (Å²) in [6, 6.07) is 5.32. The van der Waals surface area contributed by atoms with Crippen molar-refractivity contribution in [3.8, 4) is 5.75 Å². The predicted molar refractivity (Wildman–Crippen MR) is 167 cm³/mol. The molecule has 4 unspecified atom stereocenters. The van der Waals surface area contributed by atoms with Crippen LogP contribution in [0.25, 0.3) is 5.70 Å². The van der Waals surface area contributed by atoms with E-state index in [0.29, 0.717) is 25.0 Å². The number of nitrogens with zero attached hydrogens (tertiary/aromatic N) is 2. The quantitative estimate of drug-likeness (QED) is 0.366. The summed E-state index contributed by atoms with van der Waals surface area (Å²) in [5.41, 5.74) is 15.8. The zero-order valence-corrected chi connectivity index (χ0v) is 26.1. The Hall–Kier alpha value is -3.50.